The lowest BCUT2D eigenvalue weighted by atomic mass is 9.94. The van der Waals surface area contributed by atoms with Gasteiger partial charge in [0.15, 0.2) is 11.5 Å². The number of benzene rings is 3. The average Bonchev–Trinajstić information content (AvgIpc) is 3.18. The maximum atomic E-state index is 13.5. The average molecular weight is 542 g/mol. The first kappa shape index (κ1) is 26.4. The Hall–Kier alpha value is -3.68. The Morgan fingerprint density at radius 1 is 0.919 bits per heavy atom. The molecule has 0 aliphatic carbocycles. The van der Waals surface area contributed by atoms with E-state index >= 15 is 0 Å². The third-order valence-electron chi connectivity index (χ3n) is 6.29. The van der Waals surface area contributed by atoms with Gasteiger partial charge in [0, 0.05) is 5.69 Å². The van der Waals surface area contributed by atoms with E-state index in [9.17, 15) is 14.7 Å². The molecule has 3 aromatic rings. The van der Waals surface area contributed by atoms with E-state index in [1.165, 1.54) is 25.2 Å². The summed E-state index contributed by atoms with van der Waals surface area (Å²) in [6.07, 6.45) is 0.819. The molecule has 1 aliphatic heterocycles. The van der Waals surface area contributed by atoms with E-state index in [0.29, 0.717) is 17.0 Å². The normalized spacial score (nSPS) is 16.7. The van der Waals surface area contributed by atoms with Crippen molar-refractivity contribution in [2.24, 2.45) is 0 Å². The van der Waals surface area contributed by atoms with Gasteiger partial charge in [0.1, 0.15) is 16.5 Å². The molecule has 0 aromatic heterocycles. The second-order valence-electron chi connectivity index (χ2n) is 8.25. The number of methoxy groups -OCH3 is 3. The second kappa shape index (κ2) is 10.7. The van der Waals surface area contributed by atoms with E-state index in [4.69, 9.17) is 37.4 Å². The van der Waals surface area contributed by atoms with E-state index < -0.39 is 23.5 Å². The summed E-state index contributed by atoms with van der Waals surface area (Å²) in [4.78, 5) is 28.2. The number of hydrogen-bond acceptors (Lipinski definition) is 6. The number of aliphatic hydroxyl groups is 1. The number of ketones is 1. The molecule has 1 aliphatic rings. The van der Waals surface area contributed by atoms with E-state index in [1.54, 1.807) is 43.5 Å². The quantitative estimate of drug-likeness (QED) is 0.217. The molecule has 0 spiro atoms. The lowest BCUT2D eigenvalue weighted by molar-refractivity contribution is -0.132. The number of aryl methyl sites for hydroxylation is 1. The Morgan fingerprint density at radius 3 is 2.08 bits per heavy atom. The Morgan fingerprint density at radius 2 is 1.54 bits per heavy atom. The summed E-state index contributed by atoms with van der Waals surface area (Å²) in [6, 6.07) is 14.7. The smallest absolute Gasteiger partial charge is 0.300 e. The van der Waals surface area contributed by atoms with Crippen molar-refractivity contribution in [3.63, 3.8) is 0 Å². The number of rotatable bonds is 7. The SMILES string of the molecule is CCc1ccc(N2C(=O)C(=O)/C(=C(/O)c3cc(Cl)c(OC)c(Cl)c3OC)C2c2ccc(OC)cc2)cc1. The predicted octanol–water partition coefficient (Wildman–Crippen LogP) is 6.21. The van der Waals surface area contributed by atoms with E-state index in [-0.39, 0.29) is 32.7 Å². The van der Waals surface area contributed by atoms with Crippen LogP contribution in [0.3, 0.4) is 0 Å². The van der Waals surface area contributed by atoms with Crippen molar-refractivity contribution in [1.29, 1.82) is 0 Å². The maximum Gasteiger partial charge on any atom is 0.300 e. The monoisotopic (exact) mass is 541 g/mol. The number of carbonyl (C=O) groups excluding carboxylic acids is 2. The van der Waals surface area contributed by atoms with Crippen LogP contribution in [0.15, 0.2) is 60.2 Å². The summed E-state index contributed by atoms with van der Waals surface area (Å²) in [6.45, 7) is 2.02. The van der Waals surface area contributed by atoms with Crippen molar-refractivity contribution in [3.8, 4) is 17.2 Å². The molecule has 1 atom stereocenters. The molecule has 37 heavy (non-hydrogen) atoms. The van der Waals surface area contributed by atoms with Crippen LogP contribution in [-0.4, -0.2) is 38.1 Å². The van der Waals surface area contributed by atoms with Crippen molar-refractivity contribution in [3.05, 3.63) is 86.9 Å². The molecule has 1 amide bonds. The molecule has 1 heterocycles. The zero-order valence-electron chi connectivity index (χ0n) is 20.7. The molecule has 1 saturated heterocycles. The van der Waals surface area contributed by atoms with Crippen molar-refractivity contribution in [2.75, 3.05) is 26.2 Å². The zero-order valence-corrected chi connectivity index (χ0v) is 22.2. The van der Waals surface area contributed by atoms with Gasteiger partial charge in [0.05, 0.1) is 43.5 Å². The number of anilines is 1. The largest absolute Gasteiger partial charge is 0.507 e. The summed E-state index contributed by atoms with van der Waals surface area (Å²) < 4.78 is 15.9. The van der Waals surface area contributed by atoms with Crippen molar-refractivity contribution < 1.29 is 28.9 Å². The predicted molar refractivity (Wildman–Crippen MR) is 143 cm³/mol. The maximum absolute atomic E-state index is 13.5. The summed E-state index contributed by atoms with van der Waals surface area (Å²) in [5.74, 6) is -1.31. The third-order valence-corrected chi connectivity index (χ3v) is 6.92. The highest BCUT2D eigenvalue weighted by Crippen LogP contribution is 2.48. The molecule has 0 saturated carbocycles. The molecule has 0 radical (unpaired) electrons. The minimum Gasteiger partial charge on any atom is -0.507 e. The van der Waals surface area contributed by atoms with Gasteiger partial charge in [-0.1, -0.05) is 54.4 Å². The molecule has 4 rings (SSSR count). The van der Waals surface area contributed by atoms with Gasteiger partial charge in [0.2, 0.25) is 0 Å². The van der Waals surface area contributed by atoms with Crippen LogP contribution in [-0.2, 0) is 16.0 Å². The fourth-order valence-corrected chi connectivity index (χ4v) is 5.07. The summed E-state index contributed by atoms with van der Waals surface area (Å²) in [7, 11) is 4.30. The van der Waals surface area contributed by atoms with E-state index in [1.807, 2.05) is 19.1 Å². The van der Waals surface area contributed by atoms with Gasteiger partial charge in [-0.3, -0.25) is 14.5 Å². The molecule has 0 bridgehead atoms. The number of halogens is 2. The van der Waals surface area contributed by atoms with Crippen LogP contribution in [0, 0.1) is 0 Å². The molecule has 1 N–H and O–H groups in total. The number of ether oxygens (including phenoxy) is 3. The highest BCUT2D eigenvalue weighted by Gasteiger charge is 2.47. The minimum absolute atomic E-state index is 0.0180. The Balaban J connectivity index is 1.99. The molecule has 7 nitrogen and oxygen atoms in total. The standard InChI is InChI=1S/C28H25Cl2NO6/c1-5-15-6-10-17(11-7-15)31-23(16-8-12-18(35-2)13-9-16)21(25(33)28(31)34)24(32)19-14-20(29)27(37-4)22(30)26(19)36-3/h6-14,23,32H,5H2,1-4H3/b24-21+. The van der Waals surface area contributed by atoms with E-state index in [0.717, 1.165) is 12.0 Å². The lowest BCUT2D eigenvalue weighted by Gasteiger charge is -2.26. The van der Waals surface area contributed by atoms with Crippen LogP contribution < -0.4 is 19.1 Å². The van der Waals surface area contributed by atoms with E-state index in [2.05, 4.69) is 0 Å². The Kier molecular flexibility index (Phi) is 7.66. The second-order valence-corrected chi connectivity index (χ2v) is 9.03. The first-order valence-electron chi connectivity index (χ1n) is 11.4. The zero-order chi connectivity index (χ0) is 26.9. The minimum atomic E-state index is -0.942. The van der Waals surface area contributed by atoms with Gasteiger partial charge < -0.3 is 19.3 Å². The number of carbonyl (C=O) groups is 2. The van der Waals surface area contributed by atoms with Gasteiger partial charge in [-0.15, -0.1) is 0 Å². The number of Topliss-reactive ketones (excluding diaryl/α,β-unsaturated/α-hetero) is 1. The molecular weight excluding hydrogens is 517 g/mol. The van der Waals surface area contributed by atoms with Crippen LogP contribution in [0.25, 0.3) is 5.76 Å². The molecule has 9 heteroatoms. The highest BCUT2D eigenvalue weighted by molar-refractivity contribution is 6.52. The fraction of sp³-hybridized carbons (Fsp3) is 0.214. The third kappa shape index (κ3) is 4.61. The molecule has 1 unspecified atom stereocenters. The van der Waals surface area contributed by atoms with Gasteiger partial charge in [-0.25, -0.2) is 0 Å². The molecule has 3 aromatic carbocycles. The fourth-order valence-electron chi connectivity index (χ4n) is 4.38. The summed E-state index contributed by atoms with van der Waals surface area (Å²) in [5, 5.41) is 11.6. The Bertz CT molecular complexity index is 1380. The molecule has 1 fully saturated rings. The summed E-state index contributed by atoms with van der Waals surface area (Å²) in [5.41, 5.74) is 2.10. The molecular formula is C28H25Cl2NO6. The summed E-state index contributed by atoms with van der Waals surface area (Å²) >= 11 is 12.8. The number of aliphatic hydroxyl groups excluding tert-OH is 1. The van der Waals surface area contributed by atoms with Crippen LogP contribution in [0.2, 0.25) is 10.0 Å². The van der Waals surface area contributed by atoms with Gasteiger partial charge in [-0.05, 0) is 47.9 Å². The van der Waals surface area contributed by atoms with Crippen molar-refractivity contribution in [1.82, 2.24) is 0 Å². The number of nitrogens with zero attached hydrogens (tertiary/aromatic N) is 1. The first-order chi connectivity index (χ1) is 17.8. The van der Waals surface area contributed by atoms with Crippen molar-refractivity contribution in [2.45, 2.75) is 19.4 Å². The van der Waals surface area contributed by atoms with Crippen LogP contribution >= 0.6 is 23.2 Å². The first-order valence-corrected chi connectivity index (χ1v) is 12.2. The van der Waals surface area contributed by atoms with Crippen LogP contribution in [0.4, 0.5) is 5.69 Å². The molecule has 192 valence electrons. The highest BCUT2D eigenvalue weighted by atomic mass is 35.5. The van der Waals surface area contributed by atoms with Crippen LogP contribution in [0.5, 0.6) is 17.2 Å². The topological polar surface area (TPSA) is 85.3 Å². The Labute approximate surface area is 224 Å². The van der Waals surface area contributed by atoms with Gasteiger partial charge in [-0.2, -0.15) is 0 Å². The van der Waals surface area contributed by atoms with Gasteiger partial charge in [0.25, 0.3) is 11.7 Å². The van der Waals surface area contributed by atoms with Crippen LogP contribution in [0.1, 0.15) is 29.7 Å². The van der Waals surface area contributed by atoms with Gasteiger partial charge >= 0.3 is 0 Å². The number of amides is 1. The number of hydrogen-bond donors (Lipinski definition) is 1. The van der Waals surface area contributed by atoms with Crippen molar-refractivity contribution >= 4 is 46.3 Å². The lowest BCUT2D eigenvalue weighted by Crippen LogP contribution is -2.29.